The van der Waals surface area contributed by atoms with Crippen molar-refractivity contribution in [1.29, 1.82) is 0 Å². The zero-order valence-electron chi connectivity index (χ0n) is 16.2. The van der Waals surface area contributed by atoms with Crippen LogP contribution in [0, 0.1) is 5.41 Å². The molecule has 1 amide bonds. The summed E-state index contributed by atoms with van der Waals surface area (Å²) in [7, 11) is 0. The van der Waals surface area contributed by atoms with Gasteiger partial charge in [0.15, 0.2) is 5.78 Å². The zero-order valence-corrected chi connectivity index (χ0v) is 16.2. The van der Waals surface area contributed by atoms with Gasteiger partial charge in [0.2, 0.25) is 5.91 Å². The van der Waals surface area contributed by atoms with Crippen LogP contribution >= 0.6 is 0 Å². The van der Waals surface area contributed by atoms with Crippen LogP contribution in [-0.2, 0) is 11.3 Å². The maximum Gasteiger partial charge on any atom is 0.240 e. The molecule has 3 rings (SSSR count). The average molecular weight is 354 g/mol. The van der Waals surface area contributed by atoms with Crippen LogP contribution < -0.4 is 5.32 Å². The van der Waals surface area contributed by atoms with Gasteiger partial charge < -0.3 is 9.88 Å². The number of hydrogen-bond donors (Lipinski definition) is 1. The van der Waals surface area contributed by atoms with E-state index in [1.165, 1.54) is 25.7 Å². The summed E-state index contributed by atoms with van der Waals surface area (Å²) < 4.78 is 1.92. The van der Waals surface area contributed by atoms with Crippen LogP contribution in [0.5, 0.6) is 0 Å². The van der Waals surface area contributed by atoms with E-state index in [4.69, 9.17) is 0 Å². The van der Waals surface area contributed by atoms with Crippen LogP contribution in [0.1, 0.15) is 69.7 Å². The van der Waals surface area contributed by atoms with Gasteiger partial charge in [-0.1, -0.05) is 64.7 Å². The van der Waals surface area contributed by atoms with Crippen molar-refractivity contribution in [2.24, 2.45) is 5.41 Å². The Morgan fingerprint density at radius 1 is 1.08 bits per heavy atom. The number of benzene rings is 1. The molecule has 1 saturated carbocycles. The summed E-state index contributed by atoms with van der Waals surface area (Å²) in [6.07, 6.45) is 8.94. The number of fused-ring (bicyclic) bond motifs is 1. The van der Waals surface area contributed by atoms with Gasteiger partial charge in [-0.05, 0) is 18.9 Å². The van der Waals surface area contributed by atoms with Crippen molar-refractivity contribution in [3.63, 3.8) is 0 Å². The van der Waals surface area contributed by atoms with E-state index in [-0.39, 0.29) is 18.2 Å². The Kier molecular flexibility index (Phi) is 5.49. The fourth-order valence-corrected chi connectivity index (χ4v) is 3.81. The molecule has 0 radical (unpaired) electrons. The maximum atomic E-state index is 12.8. The van der Waals surface area contributed by atoms with Crippen LogP contribution in [0.3, 0.4) is 0 Å². The molecule has 1 aliphatic carbocycles. The lowest BCUT2D eigenvalue weighted by atomic mass is 9.86. The highest BCUT2D eigenvalue weighted by molar-refractivity contribution is 6.10. The summed E-state index contributed by atoms with van der Waals surface area (Å²) in [4.78, 5) is 25.4. The Labute approximate surface area is 156 Å². The molecule has 1 aromatic heterocycles. The molecule has 1 N–H and O–H groups in total. The van der Waals surface area contributed by atoms with Gasteiger partial charge in [-0.25, -0.2) is 0 Å². The second kappa shape index (κ2) is 7.65. The molecule has 26 heavy (non-hydrogen) atoms. The highest BCUT2D eigenvalue weighted by Crippen LogP contribution is 2.28. The molecule has 0 saturated heterocycles. The molecule has 1 aliphatic rings. The van der Waals surface area contributed by atoms with Crippen molar-refractivity contribution < 1.29 is 9.59 Å². The monoisotopic (exact) mass is 354 g/mol. The van der Waals surface area contributed by atoms with Crippen molar-refractivity contribution >= 4 is 22.6 Å². The maximum absolute atomic E-state index is 12.8. The van der Waals surface area contributed by atoms with E-state index >= 15 is 0 Å². The highest BCUT2D eigenvalue weighted by Gasteiger charge is 2.26. The van der Waals surface area contributed by atoms with Gasteiger partial charge in [0.05, 0.1) is 0 Å². The number of hydrogen-bond acceptors (Lipinski definition) is 2. The molecule has 4 heteroatoms. The average Bonchev–Trinajstić information content (AvgIpc) is 2.76. The van der Waals surface area contributed by atoms with Crippen molar-refractivity contribution in [3.05, 3.63) is 36.0 Å². The molecule has 0 unspecified atom stereocenters. The molecule has 1 fully saturated rings. The fraction of sp³-hybridized carbons (Fsp3) is 0.545. The molecule has 1 heterocycles. The zero-order chi connectivity index (χ0) is 18.7. The lowest BCUT2D eigenvalue weighted by Gasteiger charge is -2.17. The molecule has 1 aromatic carbocycles. The summed E-state index contributed by atoms with van der Waals surface area (Å²) in [5.74, 6) is 0.143. The van der Waals surface area contributed by atoms with Crippen LogP contribution in [-0.4, -0.2) is 22.3 Å². The summed E-state index contributed by atoms with van der Waals surface area (Å²) in [5, 5.41) is 4.12. The first-order chi connectivity index (χ1) is 12.4. The van der Waals surface area contributed by atoms with Gasteiger partial charge in [-0.15, -0.1) is 0 Å². The third kappa shape index (κ3) is 4.17. The fourth-order valence-electron chi connectivity index (χ4n) is 3.81. The first-order valence-corrected chi connectivity index (χ1v) is 9.78. The van der Waals surface area contributed by atoms with Crippen molar-refractivity contribution in [2.45, 2.75) is 71.9 Å². The minimum Gasteiger partial charge on any atom is -0.352 e. The third-order valence-electron chi connectivity index (χ3n) is 5.25. The SMILES string of the molecule is CC(C)(C)C(=O)c1cn(CC(=O)NC2CCCCCC2)c2ccccc12. The van der Waals surface area contributed by atoms with Gasteiger partial charge in [0.25, 0.3) is 0 Å². The van der Waals surface area contributed by atoms with Crippen LogP contribution in [0.4, 0.5) is 0 Å². The van der Waals surface area contributed by atoms with Crippen molar-refractivity contribution in [3.8, 4) is 0 Å². The number of aromatic nitrogens is 1. The van der Waals surface area contributed by atoms with Gasteiger partial charge in [0, 0.05) is 34.1 Å². The molecule has 0 spiro atoms. The Hall–Kier alpha value is -2.10. The normalized spacial score (nSPS) is 16.4. The molecule has 0 bridgehead atoms. The third-order valence-corrected chi connectivity index (χ3v) is 5.25. The largest absolute Gasteiger partial charge is 0.352 e. The number of carbonyl (C=O) groups excluding carboxylic acids is 2. The van der Waals surface area contributed by atoms with E-state index in [9.17, 15) is 9.59 Å². The summed E-state index contributed by atoms with van der Waals surface area (Å²) >= 11 is 0. The highest BCUT2D eigenvalue weighted by atomic mass is 16.2. The van der Waals surface area contributed by atoms with E-state index in [0.29, 0.717) is 11.6 Å². The van der Waals surface area contributed by atoms with E-state index in [1.807, 2.05) is 55.8 Å². The van der Waals surface area contributed by atoms with E-state index in [2.05, 4.69) is 5.32 Å². The number of Topliss-reactive ketones (excluding diaryl/α,β-unsaturated/α-hetero) is 1. The lowest BCUT2D eigenvalue weighted by molar-refractivity contribution is -0.122. The molecule has 4 nitrogen and oxygen atoms in total. The molecule has 0 atom stereocenters. The van der Waals surface area contributed by atoms with Gasteiger partial charge in [0.1, 0.15) is 6.54 Å². The number of carbonyl (C=O) groups is 2. The quantitative estimate of drug-likeness (QED) is 0.638. The number of amides is 1. The minimum atomic E-state index is -0.447. The van der Waals surface area contributed by atoms with Crippen LogP contribution in [0.25, 0.3) is 10.9 Å². The molecule has 0 aliphatic heterocycles. The van der Waals surface area contributed by atoms with Crippen molar-refractivity contribution in [2.75, 3.05) is 0 Å². The lowest BCUT2D eigenvalue weighted by Crippen LogP contribution is -2.36. The Bertz CT molecular complexity index is 790. The predicted molar refractivity (Wildman–Crippen MR) is 105 cm³/mol. The Balaban J connectivity index is 1.81. The standard InChI is InChI=1S/C22H30N2O2/c1-22(2,3)21(26)18-14-24(19-13-9-8-12-17(18)19)15-20(25)23-16-10-6-4-5-7-11-16/h8-9,12-14,16H,4-7,10-11,15H2,1-3H3,(H,23,25). The van der Waals surface area contributed by atoms with E-state index in [0.717, 1.165) is 23.7 Å². The molecular weight excluding hydrogens is 324 g/mol. The second-order valence-electron chi connectivity index (χ2n) is 8.52. The number of ketones is 1. The van der Waals surface area contributed by atoms with E-state index < -0.39 is 5.41 Å². The first-order valence-electron chi connectivity index (χ1n) is 9.78. The van der Waals surface area contributed by atoms with Gasteiger partial charge in [-0.2, -0.15) is 0 Å². The Morgan fingerprint density at radius 3 is 2.38 bits per heavy atom. The molecular formula is C22H30N2O2. The Morgan fingerprint density at radius 2 is 1.73 bits per heavy atom. The van der Waals surface area contributed by atoms with E-state index in [1.54, 1.807) is 0 Å². The second-order valence-corrected chi connectivity index (χ2v) is 8.52. The topological polar surface area (TPSA) is 51.1 Å². The summed E-state index contributed by atoms with van der Waals surface area (Å²) in [6.45, 7) is 6.05. The van der Waals surface area contributed by atoms with Gasteiger partial charge in [-0.3, -0.25) is 9.59 Å². The summed E-state index contributed by atoms with van der Waals surface area (Å²) in [5.41, 5.74) is 1.20. The molecule has 2 aromatic rings. The molecule has 140 valence electrons. The smallest absolute Gasteiger partial charge is 0.240 e. The number of rotatable bonds is 4. The predicted octanol–water partition coefficient (Wildman–Crippen LogP) is 4.71. The van der Waals surface area contributed by atoms with Crippen LogP contribution in [0.2, 0.25) is 0 Å². The van der Waals surface area contributed by atoms with Crippen molar-refractivity contribution in [1.82, 2.24) is 9.88 Å². The van der Waals surface area contributed by atoms with Crippen LogP contribution in [0.15, 0.2) is 30.5 Å². The number of nitrogens with one attached hydrogen (secondary N) is 1. The minimum absolute atomic E-state index is 0.0346. The first kappa shape index (κ1) is 18.7. The number of nitrogens with zero attached hydrogens (tertiary/aromatic N) is 1. The summed E-state index contributed by atoms with van der Waals surface area (Å²) in [6, 6.07) is 8.13. The van der Waals surface area contributed by atoms with Gasteiger partial charge >= 0.3 is 0 Å². The number of para-hydroxylation sites is 1.